The molecule has 148 valence electrons. The van der Waals surface area contributed by atoms with Crippen molar-refractivity contribution in [3.05, 3.63) is 132 Å². The second-order valence-electron chi connectivity index (χ2n) is 7.59. The quantitative estimate of drug-likeness (QED) is 0.250. The average molecular weight is 461 g/mol. The smallest absolute Gasteiger partial charge is 0.0259 e. The van der Waals surface area contributed by atoms with Gasteiger partial charge < -0.3 is 0 Å². The summed E-state index contributed by atoms with van der Waals surface area (Å²) in [6, 6.07) is 45.1. The molecule has 0 heterocycles. The van der Waals surface area contributed by atoms with Gasteiger partial charge in [0.15, 0.2) is 0 Å². The minimum Gasteiger partial charge on any atom is -0.0622 e. The van der Waals surface area contributed by atoms with Gasteiger partial charge >= 0.3 is 0 Å². The molecule has 5 aromatic rings. The van der Waals surface area contributed by atoms with Crippen LogP contribution in [0.2, 0.25) is 0 Å². The highest BCUT2D eigenvalue weighted by Crippen LogP contribution is 2.36. The van der Waals surface area contributed by atoms with Gasteiger partial charge in [0.25, 0.3) is 0 Å². The van der Waals surface area contributed by atoms with E-state index in [1.54, 1.807) is 0 Å². The molecule has 0 fully saturated rings. The van der Waals surface area contributed by atoms with E-state index in [4.69, 9.17) is 0 Å². The minimum absolute atomic E-state index is 1.10. The molecule has 0 amide bonds. The fourth-order valence-corrected chi connectivity index (χ4v) is 4.54. The lowest BCUT2D eigenvalue weighted by Gasteiger charge is -2.13. The van der Waals surface area contributed by atoms with Crippen molar-refractivity contribution in [2.24, 2.45) is 0 Å². The third-order valence-corrected chi connectivity index (χ3v) is 6.19. The zero-order chi connectivity index (χ0) is 21.0. The van der Waals surface area contributed by atoms with Gasteiger partial charge in [0.2, 0.25) is 0 Å². The van der Waals surface area contributed by atoms with Crippen molar-refractivity contribution in [2.45, 2.75) is 0 Å². The number of hydrogen-bond acceptors (Lipinski definition) is 0. The van der Waals surface area contributed by atoms with E-state index >= 15 is 0 Å². The Balaban J connectivity index is 1.64. The fraction of sp³-hybridized carbons (Fsp3) is 0. The number of halogens is 1. The Hall–Kier alpha value is -3.42. The lowest BCUT2D eigenvalue weighted by atomic mass is 9.92. The molecule has 0 N–H and O–H groups in total. The number of rotatable bonds is 4. The first kappa shape index (κ1) is 19.5. The van der Waals surface area contributed by atoms with Gasteiger partial charge in [-0.25, -0.2) is 0 Å². The van der Waals surface area contributed by atoms with E-state index in [-0.39, 0.29) is 0 Å². The third kappa shape index (κ3) is 4.23. The van der Waals surface area contributed by atoms with Crippen LogP contribution in [0.3, 0.4) is 0 Å². The molecule has 0 spiro atoms. The van der Waals surface area contributed by atoms with E-state index < -0.39 is 0 Å². The van der Waals surface area contributed by atoms with Crippen molar-refractivity contribution in [1.82, 2.24) is 0 Å². The summed E-state index contributed by atoms with van der Waals surface area (Å²) in [6.07, 6.45) is 0. The summed E-state index contributed by atoms with van der Waals surface area (Å²) in [5.74, 6) is 0. The molecular weight excluding hydrogens is 440 g/mol. The largest absolute Gasteiger partial charge is 0.0622 e. The van der Waals surface area contributed by atoms with Crippen molar-refractivity contribution in [3.8, 4) is 44.5 Å². The Labute approximate surface area is 192 Å². The Morgan fingerprint density at radius 1 is 0.323 bits per heavy atom. The van der Waals surface area contributed by atoms with Crippen LogP contribution in [0.5, 0.6) is 0 Å². The van der Waals surface area contributed by atoms with E-state index in [1.807, 2.05) is 6.07 Å². The zero-order valence-corrected chi connectivity index (χ0v) is 18.6. The summed E-state index contributed by atoms with van der Waals surface area (Å²) in [5.41, 5.74) is 9.71. The van der Waals surface area contributed by atoms with Crippen molar-refractivity contribution in [3.63, 3.8) is 0 Å². The second kappa shape index (κ2) is 8.75. The fourth-order valence-electron chi connectivity index (χ4n) is 3.94. The van der Waals surface area contributed by atoms with Crippen LogP contribution < -0.4 is 0 Å². The first-order valence-corrected chi connectivity index (χ1v) is 11.2. The van der Waals surface area contributed by atoms with Crippen molar-refractivity contribution < 1.29 is 0 Å². The Kier molecular flexibility index (Phi) is 5.52. The Morgan fingerprint density at radius 2 is 0.742 bits per heavy atom. The molecule has 1 heteroatoms. The van der Waals surface area contributed by atoms with Crippen LogP contribution in [0, 0.1) is 0 Å². The summed E-state index contributed by atoms with van der Waals surface area (Å²) >= 11 is 3.81. The van der Waals surface area contributed by atoms with Gasteiger partial charge in [-0.05, 0) is 68.8 Å². The van der Waals surface area contributed by atoms with E-state index in [0.29, 0.717) is 0 Å². The van der Waals surface area contributed by atoms with Crippen molar-refractivity contribution in [1.29, 1.82) is 0 Å². The molecule has 0 aromatic heterocycles. The molecule has 0 unspecified atom stereocenters. The van der Waals surface area contributed by atoms with Crippen LogP contribution in [0.25, 0.3) is 44.5 Å². The van der Waals surface area contributed by atoms with Gasteiger partial charge in [0, 0.05) is 4.47 Å². The highest BCUT2D eigenvalue weighted by atomic mass is 79.9. The summed E-state index contributed by atoms with van der Waals surface area (Å²) in [6.45, 7) is 0. The van der Waals surface area contributed by atoms with Gasteiger partial charge in [-0.1, -0.05) is 119 Å². The standard InChI is InChI=1S/C30H21Br/c31-30-21-25(16-17-29(30)24-14-8-3-9-15-24)28-19-26(22-10-4-1-5-11-22)18-27(20-28)23-12-6-2-7-13-23/h1-21H. The van der Waals surface area contributed by atoms with Gasteiger partial charge in [-0.3, -0.25) is 0 Å². The molecule has 0 bridgehead atoms. The molecule has 0 saturated carbocycles. The van der Waals surface area contributed by atoms with Crippen LogP contribution >= 0.6 is 15.9 Å². The van der Waals surface area contributed by atoms with E-state index in [0.717, 1.165) is 4.47 Å². The third-order valence-electron chi connectivity index (χ3n) is 5.53. The number of hydrogen-bond donors (Lipinski definition) is 0. The molecule has 0 radical (unpaired) electrons. The molecular formula is C30H21Br. The predicted molar refractivity (Wildman–Crippen MR) is 136 cm³/mol. The van der Waals surface area contributed by atoms with Crippen LogP contribution in [-0.2, 0) is 0 Å². The summed E-state index contributed by atoms with van der Waals surface area (Å²) < 4.78 is 1.10. The van der Waals surface area contributed by atoms with E-state index in [2.05, 4.69) is 137 Å². The van der Waals surface area contributed by atoms with Crippen LogP contribution in [0.4, 0.5) is 0 Å². The molecule has 0 saturated heterocycles. The molecule has 31 heavy (non-hydrogen) atoms. The second-order valence-corrected chi connectivity index (χ2v) is 8.45. The maximum absolute atomic E-state index is 3.81. The van der Waals surface area contributed by atoms with Gasteiger partial charge in [0.05, 0.1) is 0 Å². The SMILES string of the molecule is Brc1cc(-c2cc(-c3ccccc3)cc(-c3ccccc3)c2)ccc1-c1ccccc1. The minimum atomic E-state index is 1.10. The molecule has 5 rings (SSSR count). The lowest BCUT2D eigenvalue weighted by molar-refractivity contribution is 1.54. The molecule has 5 aromatic carbocycles. The molecule has 0 nitrogen and oxygen atoms in total. The van der Waals surface area contributed by atoms with E-state index in [9.17, 15) is 0 Å². The molecule has 0 aliphatic carbocycles. The molecule has 0 aliphatic heterocycles. The van der Waals surface area contributed by atoms with Gasteiger partial charge in [0.1, 0.15) is 0 Å². The number of benzene rings is 5. The maximum Gasteiger partial charge on any atom is 0.0259 e. The topological polar surface area (TPSA) is 0 Å². The Bertz CT molecular complexity index is 1250. The average Bonchev–Trinajstić information content (AvgIpc) is 2.85. The van der Waals surface area contributed by atoms with Gasteiger partial charge in [-0.2, -0.15) is 0 Å². The monoisotopic (exact) mass is 460 g/mol. The van der Waals surface area contributed by atoms with Crippen LogP contribution in [-0.4, -0.2) is 0 Å². The van der Waals surface area contributed by atoms with Crippen molar-refractivity contribution >= 4 is 15.9 Å². The highest BCUT2D eigenvalue weighted by Gasteiger charge is 2.10. The van der Waals surface area contributed by atoms with Crippen molar-refractivity contribution in [2.75, 3.05) is 0 Å². The molecule has 0 aliphatic rings. The summed E-state index contributed by atoms with van der Waals surface area (Å²) in [5, 5.41) is 0. The van der Waals surface area contributed by atoms with Gasteiger partial charge in [-0.15, -0.1) is 0 Å². The van der Waals surface area contributed by atoms with E-state index in [1.165, 1.54) is 44.5 Å². The Morgan fingerprint density at radius 3 is 1.19 bits per heavy atom. The normalized spacial score (nSPS) is 10.7. The van der Waals surface area contributed by atoms with Crippen LogP contribution in [0.15, 0.2) is 132 Å². The first-order valence-electron chi connectivity index (χ1n) is 10.4. The van der Waals surface area contributed by atoms with Crippen LogP contribution in [0.1, 0.15) is 0 Å². The maximum atomic E-state index is 3.81. The summed E-state index contributed by atoms with van der Waals surface area (Å²) in [7, 11) is 0. The lowest BCUT2D eigenvalue weighted by Crippen LogP contribution is -1.87. The predicted octanol–water partition coefficient (Wildman–Crippen LogP) is 9.12. The summed E-state index contributed by atoms with van der Waals surface area (Å²) in [4.78, 5) is 0. The highest BCUT2D eigenvalue weighted by molar-refractivity contribution is 9.10. The first-order chi connectivity index (χ1) is 15.3. The molecule has 0 atom stereocenters. The zero-order valence-electron chi connectivity index (χ0n) is 17.0.